The van der Waals surface area contributed by atoms with E-state index in [1.54, 1.807) is 30.5 Å². The van der Waals surface area contributed by atoms with Gasteiger partial charge in [0.05, 0.1) is 10.7 Å². The van der Waals surface area contributed by atoms with Crippen LogP contribution in [0.2, 0.25) is 0 Å². The minimum Gasteiger partial charge on any atom is -0.356 e. The molecule has 0 aliphatic rings. The van der Waals surface area contributed by atoms with Gasteiger partial charge in [0.15, 0.2) is 5.96 Å². The fourth-order valence-corrected chi connectivity index (χ4v) is 2.84. The van der Waals surface area contributed by atoms with Crippen LogP contribution in [-0.4, -0.2) is 36.5 Å². The van der Waals surface area contributed by atoms with Gasteiger partial charge in [-0.1, -0.05) is 12.1 Å². The highest BCUT2D eigenvalue weighted by atomic mass is 32.1. The van der Waals surface area contributed by atoms with Gasteiger partial charge in [0, 0.05) is 39.0 Å². The number of aliphatic imine (C=N–C) groups is 1. The van der Waals surface area contributed by atoms with E-state index in [9.17, 15) is 4.39 Å². The molecule has 22 heavy (non-hydrogen) atoms. The van der Waals surface area contributed by atoms with E-state index < -0.39 is 0 Å². The van der Waals surface area contributed by atoms with Crippen LogP contribution in [0.25, 0.3) is 0 Å². The predicted octanol–water partition coefficient (Wildman–Crippen LogP) is 2.84. The molecule has 0 bridgehead atoms. The third kappa shape index (κ3) is 4.80. The summed E-state index contributed by atoms with van der Waals surface area (Å²) in [5.74, 6) is 0.573. The zero-order valence-electron chi connectivity index (χ0n) is 13.1. The van der Waals surface area contributed by atoms with E-state index in [0.29, 0.717) is 6.54 Å². The quantitative estimate of drug-likeness (QED) is 0.680. The summed E-state index contributed by atoms with van der Waals surface area (Å²) in [4.78, 5) is 10.7. The number of aromatic nitrogens is 1. The fraction of sp³-hybridized carbons (Fsp3) is 0.375. The van der Waals surface area contributed by atoms with Crippen molar-refractivity contribution < 1.29 is 4.39 Å². The van der Waals surface area contributed by atoms with Gasteiger partial charge in [-0.25, -0.2) is 9.37 Å². The summed E-state index contributed by atoms with van der Waals surface area (Å²) >= 11 is 1.66. The molecular weight excluding hydrogens is 299 g/mol. The van der Waals surface area contributed by atoms with Crippen LogP contribution in [0.15, 0.2) is 34.6 Å². The van der Waals surface area contributed by atoms with Crippen molar-refractivity contribution >= 4 is 17.3 Å². The lowest BCUT2D eigenvalue weighted by atomic mass is 10.2. The molecule has 2 rings (SSSR count). The Morgan fingerprint density at radius 3 is 2.91 bits per heavy atom. The number of nitrogens with one attached hydrogen (secondary N) is 1. The van der Waals surface area contributed by atoms with Crippen molar-refractivity contribution in [1.82, 2.24) is 15.2 Å². The molecule has 0 saturated carbocycles. The molecule has 0 fully saturated rings. The number of nitrogens with zero attached hydrogens (tertiary/aromatic N) is 3. The first-order chi connectivity index (χ1) is 10.6. The maximum atomic E-state index is 13.2. The molecule has 0 spiro atoms. The Kier molecular flexibility index (Phi) is 5.89. The van der Waals surface area contributed by atoms with Crippen LogP contribution in [0.5, 0.6) is 0 Å². The highest BCUT2D eigenvalue weighted by Crippen LogP contribution is 2.08. The van der Waals surface area contributed by atoms with E-state index in [1.165, 1.54) is 6.07 Å². The first-order valence-electron chi connectivity index (χ1n) is 7.15. The van der Waals surface area contributed by atoms with Gasteiger partial charge < -0.3 is 10.2 Å². The number of rotatable bonds is 5. The monoisotopic (exact) mass is 320 g/mol. The molecule has 6 heteroatoms. The summed E-state index contributed by atoms with van der Waals surface area (Å²) in [7, 11) is 3.69. The van der Waals surface area contributed by atoms with Crippen LogP contribution in [-0.2, 0) is 13.0 Å². The first-order valence-corrected chi connectivity index (χ1v) is 8.03. The maximum absolute atomic E-state index is 13.2. The number of guanidine groups is 1. The van der Waals surface area contributed by atoms with Gasteiger partial charge in [-0.2, -0.15) is 0 Å². The summed E-state index contributed by atoms with van der Waals surface area (Å²) in [6.07, 6.45) is 0.858. The lowest BCUT2D eigenvalue weighted by Crippen LogP contribution is -2.39. The molecule has 1 N–H and O–H groups in total. The molecule has 0 amide bonds. The van der Waals surface area contributed by atoms with E-state index in [4.69, 9.17) is 0 Å². The third-order valence-electron chi connectivity index (χ3n) is 3.21. The van der Waals surface area contributed by atoms with Crippen molar-refractivity contribution in [3.05, 3.63) is 51.7 Å². The van der Waals surface area contributed by atoms with Crippen LogP contribution in [0.3, 0.4) is 0 Å². The average molecular weight is 320 g/mol. The third-order valence-corrected chi connectivity index (χ3v) is 4.04. The van der Waals surface area contributed by atoms with Gasteiger partial charge >= 0.3 is 0 Å². The van der Waals surface area contributed by atoms with Crippen LogP contribution in [0, 0.1) is 12.7 Å². The Morgan fingerprint density at radius 2 is 2.27 bits per heavy atom. The van der Waals surface area contributed by atoms with E-state index in [-0.39, 0.29) is 5.82 Å². The molecule has 1 heterocycles. The molecular formula is C16H21FN4S. The van der Waals surface area contributed by atoms with Gasteiger partial charge in [0.2, 0.25) is 0 Å². The second-order valence-electron chi connectivity index (χ2n) is 5.07. The predicted molar refractivity (Wildman–Crippen MR) is 89.8 cm³/mol. The zero-order valence-corrected chi connectivity index (χ0v) is 14.0. The van der Waals surface area contributed by atoms with Crippen molar-refractivity contribution in [1.29, 1.82) is 0 Å². The van der Waals surface area contributed by atoms with Crippen LogP contribution in [0.1, 0.15) is 16.3 Å². The number of hydrogen-bond donors (Lipinski definition) is 1. The molecule has 2 aromatic rings. The SMILES string of the molecule is CN=C(NCCc1csc(C)n1)N(C)Cc1cccc(F)c1. The van der Waals surface area contributed by atoms with Crippen molar-refractivity contribution in [3.63, 3.8) is 0 Å². The highest BCUT2D eigenvalue weighted by molar-refractivity contribution is 7.09. The van der Waals surface area contributed by atoms with Crippen LogP contribution in [0.4, 0.5) is 4.39 Å². The summed E-state index contributed by atoms with van der Waals surface area (Å²) in [6, 6.07) is 6.62. The van der Waals surface area contributed by atoms with E-state index >= 15 is 0 Å². The lowest BCUT2D eigenvalue weighted by molar-refractivity contribution is 0.475. The normalized spacial score (nSPS) is 11.5. The fourth-order valence-electron chi connectivity index (χ4n) is 2.19. The molecule has 0 aliphatic heterocycles. The Bertz CT molecular complexity index is 639. The number of benzene rings is 1. The molecule has 0 aliphatic carbocycles. The van der Waals surface area contributed by atoms with Gasteiger partial charge in [-0.15, -0.1) is 11.3 Å². The average Bonchev–Trinajstić information content (AvgIpc) is 2.89. The van der Waals surface area contributed by atoms with Gasteiger partial charge in [-0.05, 0) is 24.6 Å². The Morgan fingerprint density at radius 1 is 1.45 bits per heavy atom. The second kappa shape index (κ2) is 7.89. The number of halogens is 1. The number of thiazole rings is 1. The van der Waals surface area contributed by atoms with Gasteiger partial charge in [0.25, 0.3) is 0 Å². The molecule has 1 aromatic heterocycles. The molecule has 4 nitrogen and oxygen atoms in total. The summed E-state index contributed by atoms with van der Waals surface area (Å²) in [5.41, 5.74) is 2.01. The lowest BCUT2D eigenvalue weighted by Gasteiger charge is -2.22. The van der Waals surface area contributed by atoms with E-state index in [0.717, 1.165) is 35.2 Å². The van der Waals surface area contributed by atoms with Crippen LogP contribution < -0.4 is 5.32 Å². The Labute approximate surface area is 134 Å². The summed E-state index contributed by atoms with van der Waals surface area (Å²) in [5, 5.41) is 6.47. The zero-order chi connectivity index (χ0) is 15.9. The highest BCUT2D eigenvalue weighted by Gasteiger charge is 2.07. The Hall–Kier alpha value is -1.95. The Balaban J connectivity index is 1.85. The number of aryl methyl sites for hydroxylation is 1. The topological polar surface area (TPSA) is 40.5 Å². The molecule has 0 atom stereocenters. The molecule has 0 radical (unpaired) electrons. The van der Waals surface area contributed by atoms with Gasteiger partial charge in [0.1, 0.15) is 5.82 Å². The smallest absolute Gasteiger partial charge is 0.193 e. The van der Waals surface area contributed by atoms with E-state index in [2.05, 4.69) is 20.7 Å². The first kappa shape index (κ1) is 16.4. The molecule has 1 aromatic carbocycles. The molecule has 0 unspecified atom stereocenters. The maximum Gasteiger partial charge on any atom is 0.193 e. The largest absolute Gasteiger partial charge is 0.356 e. The van der Waals surface area contributed by atoms with Crippen LogP contribution >= 0.6 is 11.3 Å². The van der Waals surface area contributed by atoms with Crippen molar-refractivity contribution in [2.24, 2.45) is 4.99 Å². The van der Waals surface area contributed by atoms with Gasteiger partial charge in [-0.3, -0.25) is 4.99 Å². The summed E-state index contributed by atoms with van der Waals surface area (Å²) in [6.45, 7) is 3.38. The minimum absolute atomic E-state index is 0.215. The van der Waals surface area contributed by atoms with E-state index in [1.807, 2.05) is 24.9 Å². The van der Waals surface area contributed by atoms with Crippen molar-refractivity contribution in [3.8, 4) is 0 Å². The van der Waals surface area contributed by atoms with Crippen molar-refractivity contribution in [2.75, 3.05) is 20.6 Å². The molecule has 118 valence electrons. The minimum atomic E-state index is -0.215. The van der Waals surface area contributed by atoms with Crippen molar-refractivity contribution in [2.45, 2.75) is 19.9 Å². The summed E-state index contributed by atoms with van der Waals surface area (Å²) < 4.78 is 13.2. The number of hydrogen-bond acceptors (Lipinski definition) is 3. The second-order valence-corrected chi connectivity index (χ2v) is 6.13. The standard InChI is InChI=1S/C16H21FN4S/c1-12-20-15(11-22-12)7-8-19-16(18-2)21(3)10-13-5-4-6-14(17)9-13/h4-6,9,11H,7-8,10H2,1-3H3,(H,18,19). The molecule has 0 saturated heterocycles.